The number of nitrogens with two attached hydrogens (primary N) is 1. The summed E-state index contributed by atoms with van der Waals surface area (Å²) in [5.41, 5.74) is 6.95. The van der Waals surface area contributed by atoms with E-state index < -0.39 is 11.9 Å². The Bertz CT molecular complexity index is 1110. The Morgan fingerprint density at radius 2 is 1.83 bits per heavy atom. The predicted molar refractivity (Wildman–Crippen MR) is 143 cm³/mol. The monoisotopic (exact) mass is 492 g/mol. The van der Waals surface area contributed by atoms with Crippen molar-refractivity contribution in [3.8, 4) is 0 Å². The molecule has 36 heavy (non-hydrogen) atoms. The quantitative estimate of drug-likeness (QED) is 0.510. The minimum absolute atomic E-state index is 0.00966. The second-order valence-electron chi connectivity index (χ2n) is 10.9. The van der Waals surface area contributed by atoms with Crippen LogP contribution >= 0.6 is 0 Å². The van der Waals surface area contributed by atoms with Crippen molar-refractivity contribution >= 4 is 28.4 Å². The van der Waals surface area contributed by atoms with Crippen LogP contribution in [0.1, 0.15) is 84.0 Å². The molecule has 2 aliphatic carbocycles. The lowest BCUT2D eigenvalue weighted by Crippen LogP contribution is -2.54. The maximum atomic E-state index is 13.9. The number of anilines is 1. The number of hydrogen-bond acceptors (Lipinski definition) is 5. The van der Waals surface area contributed by atoms with E-state index in [1.165, 1.54) is 19.3 Å². The summed E-state index contributed by atoms with van der Waals surface area (Å²) in [4.78, 5) is 33.1. The maximum Gasteiger partial charge on any atom is 0.243 e. The van der Waals surface area contributed by atoms with Gasteiger partial charge in [-0.15, -0.1) is 0 Å². The summed E-state index contributed by atoms with van der Waals surface area (Å²) in [5.74, 6) is -0.137. The number of nitrogen functional groups attached to an aromatic ring is 1. The van der Waals surface area contributed by atoms with Crippen molar-refractivity contribution in [1.82, 2.24) is 20.5 Å². The van der Waals surface area contributed by atoms with Gasteiger partial charge in [0.1, 0.15) is 11.9 Å². The molecule has 0 bridgehead atoms. The van der Waals surface area contributed by atoms with E-state index in [2.05, 4.69) is 15.6 Å². The van der Waals surface area contributed by atoms with E-state index in [1.54, 1.807) is 11.1 Å². The third kappa shape index (κ3) is 5.83. The summed E-state index contributed by atoms with van der Waals surface area (Å²) in [7, 11) is 0. The number of nitrogens with one attached hydrogen (secondary N) is 2. The van der Waals surface area contributed by atoms with Gasteiger partial charge in [0.15, 0.2) is 0 Å². The van der Waals surface area contributed by atoms with Crippen LogP contribution in [0.5, 0.6) is 0 Å². The maximum absolute atomic E-state index is 13.9. The van der Waals surface area contributed by atoms with Gasteiger partial charge in [0.2, 0.25) is 11.8 Å². The molecule has 2 aromatic rings. The number of hydrogen-bond donors (Lipinski definition) is 3. The van der Waals surface area contributed by atoms with Crippen LogP contribution in [0, 0.1) is 5.89 Å². The molecule has 7 heteroatoms. The lowest BCUT2D eigenvalue weighted by atomic mass is 9.84. The fourth-order valence-electron chi connectivity index (χ4n) is 6.31. The average molecular weight is 493 g/mol. The van der Waals surface area contributed by atoms with Crippen LogP contribution in [-0.2, 0) is 16.1 Å². The molecule has 2 atom stereocenters. The molecule has 1 aliphatic heterocycles. The van der Waals surface area contributed by atoms with E-state index in [0.29, 0.717) is 37.8 Å². The molecule has 5 rings (SSSR count). The molecule has 1 aromatic heterocycles. The smallest absolute Gasteiger partial charge is 0.243 e. The molecule has 0 unspecified atom stereocenters. The third-order valence-electron chi connectivity index (χ3n) is 8.31. The normalized spacial score (nSPS) is 23.5. The molecule has 0 spiro atoms. The first-order chi connectivity index (χ1) is 17.9. The molecule has 1 aromatic carbocycles. The lowest BCUT2D eigenvalue weighted by molar-refractivity contribution is -0.140. The van der Waals surface area contributed by atoms with E-state index in [1.807, 2.05) is 24.3 Å². The van der Waals surface area contributed by atoms with Crippen molar-refractivity contribution in [2.45, 2.75) is 102 Å². The Labute approximate surface area is 216 Å². The fourth-order valence-corrected chi connectivity index (χ4v) is 6.31. The SMILES string of the molecule is [2H]C1(C[C@H](NC2CCCC2)C(=O)N2CCC[C@H]2C(=O)NCc2ccc3c(N)nccc3c2)CCCCC1. The van der Waals surface area contributed by atoms with Gasteiger partial charge in [0.05, 0.1) is 6.04 Å². The van der Waals surface area contributed by atoms with Gasteiger partial charge in [-0.3, -0.25) is 9.59 Å². The van der Waals surface area contributed by atoms with Crippen molar-refractivity contribution in [2.24, 2.45) is 5.89 Å². The first-order valence-corrected chi connectivity index (χ1v) is 13.9. The molecule has 0 radical (unpaired) electrons. The van der Waals surface area contributed by atoms with Crippen molar-refractivity contribution < 1.29 is 11.0 Å². The number of fused-ring (bicyclic) bond motifs is 1. The summed E-state index contributed by atoms with van der Waals surface area (Å²) >= 11 is 0. The molecular formula is C29H41N5O2. The Balaban J connectivity index is 1.25. The molecule has 3 aliphatic rings. The zero-order valence-electron chi connectivity index (χ0n) is 22.3. The van der Waals surface area contributed by atoms with E-state index in [9.17, 15) is 9.59 Å². The molecule has 2 saturated carbocycles. The summed E-state index contributed by atoms with van der Waals surface area (Å²) in [6.07, 6.45) is 13.3. The average Bonchev–Trinajstić information content (AvgIpc) is 3.59. The first-order valence-electron chi connectivity index (χ1n) is 14.4. The van der Waals surface area contributed by atoms with E-state index in [-0.39, 0.29) is 17.9 Å². The second kappa shape index (κ2) is 11.6. The van der Waals surface area contributed by atoms with E-state index in [4.69, 9.17) is 7.10 Å². The molecule has 4 N–H and O–H groups in total. The standard InChI is InChI=1S/C29H41N5O2/c30-27-24-13-12-21(17-22(24)14-15-31-27)19-32-28(35)26-11-6-16-34(26)29(36)25(33-23-9-4-5-10-23)18-20-7-2-1-3-8-20/h12-15,17,20,23,25-26,33H,1-11,16,18-19H2,(H2,30,31)(H,32,35)/t25-,26-/m0/s1/i20D. The molecule has 3 fully saturated rings. The Morgan fingerprint density at radius 3 is 2.64 bits per heavy atom. The molecule has 2 heterocycles. The number of likely N-dealkylation sites (tertiary alicyclic amines) is 1. The summed E-state index contributed by atoms with van der Waals surface area (Å²) in [5, 5.41) is 8.60. The van der Waals surface area contributed by atoms with Crippen LogP contribution < -0.4 is 16.4 Å². The minimum atomic E-state index is -0.545. The first kappa shape index (κ1) is 23.7. The number of benzene rings is 1. The summed E-state index contributed by atoms with van der Waals surface area (Å²) < 4.78 is 9.05. The zero-order chi connectivity index (χ0) is 25.8. The van der Waals surface area contributed by atoms with Crippen LogP contribution in [0.3, 0.4) is 0 Å². The van der Waals surface area contributed by atoms with E-state index >= 15 is 0 Å². The van der Waals surface area contributed by atoms with Gasteiger partial charge in [-0.05, 0) is 61.1 Å². The number of carbonyl (C=O) groups is 2. The van der Waals surface area contributed by atoms with Gasteiger partial charge < -0.3 is 21.3 Å². The molecular weight excluding hydrogens is 450 g/mol. The topological polar surface area (TPSA) is 100 Å². The van der Waals surface area contributed by atoms with Gasteiger partial charge in [0.25, 0.3) is 0 Å². The lowest BCUT2D eigenvalue weighted by Gasteiger charge is -2.33. The third-order valence-corrected chi connectivity index (χ3v) is 8.31. The Hall–Kier alpha value is -2.67. The van der Waals surface area contributed by atoms with Crippen LogP contribution in [0.15, 0.2) is 30.5 Å². The second-order valence-corrected chi connectivity index (χ2v) is 10.9. The molecule has 194 valence electrons. The Kier molecular flexibility index (Phi) is 7.63. The van der Waals surface area contributed by atoms with E-state index in [0.717, 1.165) is 61.3 Å². The van der Waals surface area contributed by atoms with Crippen LogP contribution in [0.2, 0.25) is 0 Å². The van der Waals surface area contributed by atoms with Crippen molar-refractivity contribution in [3.05, 3.63) is 36.0 Å². The van der Waals surface area contributed by atoms with Gasteiger partial charge in [0, 0.05) is 32.1 Å². The molecule has 1 saturated heterocycles. The van der Waals surface area contributed by atoms with Gasteiger partial charge >= 0.3 is 0 Å². The number of nitrogens with zero attached hydrogens (tertiary/aromatic N) is 2. The minimum Gasteiger partial charge on any atom is -0.383 e. The highest BCUT2D eigenvalue weighted by Crippen LogP contribution is 2.30. The van der Waals surface area contributed by atoms with Gasteiger partial charge in [-0.2, -0.15) is 0 Å². The van der Waals surface area contributed by atoms with Gasteiger partial charge in [-0.25, -0.2) is 4.98 Å². The largest absolute Gasteiger partial charge is 0.383 e. The van der Waals surface area contributed by atoms with Crippen molar-refractivity contribution in [2.75, 3.05) is 12.3 Å². The zero-order valence-corrected chi connectivity index (χ0v) is 21.3. The van der Waals surface area contributed by atoms with Crippen LogP contribution in [-0.4, -0.2) is 46.4 Å². The molecule has 7 nitrogen and oxygen atoms in total. The summed E-state index contributed by atoms with van der Waals surface area (Å²) in [6, 6.07) is 7.33. The summed E-state index contributed by atoms with van der Waals surface area (Å²) in [6.45, 7) is 1.00. The highest BCUT2D eigenvalue weighted by molar-refractivity contribution is 5.92. The Morgan fingerprint density at radius 1 is 1.06 bits per heavy atom. The number of aromatic nitrogens is 1. The van der Waals surface area contributed by atoms with Crippen molar-refractivity contribution in [3.63, 3.8) is 0 Å². The van der Waals surface area contributed by atoms with Crippen molar-refractivity contribution in [1.29, 1.82) is 0 Å². The number of rotatable bonds is 8. The highest BCUT2D eigenvalue weighted by Gasteiger charge is 2.38. The van der Waals surface area contributed by atoms with Gasteiger partial charge in [-0.1, -0.05) is 57.1 Å². The van der Waals surface area contributed by atoms with Crippen LogP contribution in [0.25, 0.3) is 10.8 Å². The number of pyridine rings is 1. The highest BCUT2D eigenvalue weighted by atomic mass is 16.2. The molecule has 2 amide bonds. The number of carbonyl (C=O) groups excluding carboxylic acids is 2. The predicted octanol–water partition coefficient (Wildman–Crippen LogP) is 4.30. The number of amides is 2. The van der Waals surface area contributed by atoms with Crippen LogP contribution in [0.4, 0.5) is 5.82 Å². The fraction of sp³-hybridized carbons (Fsp3) is 0.621.